The van der Waals surface area contributed by atoms with E-state index in [-0.39, 0.29) is 24.5 Å². The second kappa shape index (κ2) is 11.0. The minimum atomic E-state index is -4.60. The normalized spacial score (nSPS) is 22.6. The maximum Gasteiger partial charge on any atom is 0.422 e. The summed E-state index contributed by atoms with van der Waals surface area (Å²) >= 11 is 0. The molecule has 1 aromatic rings. The number of halogens is 3. The number of nitrogens with zero attached hydrogens (tertiary/aromatic N) is 3. The fraction of sp³-hybridized carbons (Fsp3) is 0.714. The number of carbonyl (C=O) groups is 2. The van der Waals surface area contributed by atoms with E-state index >= 15 is 0 Å². The standard InChI is InChI=1S/C21H30F3N5O4/c1-13-27-15(11-26-20(31)33-12-21(22,23)24)10-18(28-13)29-16-6-4-3-5-14(16)9-17(29)19(30)25-7-8-32-2/h10,14,16-17H,3-9,11-12H2,1-2H3,(H,25,30)(H,26,31)/t14-,16-,17-/m0/s1. The van der Waals surface area contributed by atoms with Gasteiger partial charge in [0.25, 0.3) is 0 Å². The number of hydrogen-bond donors (Lipinski definition) is 2. The Morgan fingerprint density at radius 1 is 1.21 bits per heavy atom. The lowest BCUT2D eigenvalue weighted by Crippen LogP contribution is -2.48. The maximum atomic E-state index is 13.0. The van der Waals surface area contributed by atoms with Gasteiger partial charge in [-0.1, -0.05) is 12.8 Å². The summed E-state index contributed by atoms with van der Waals surface area (Å²) in [5.41, 5.74) is 0.416. The van der Waals surface area contributed by atoms with Crippen molar-refractivity contribution < 1.29 is 32.2 Å². The Bertz CT molecular complexity index is 839. The van der Waals surface area contributed by atoms with Crippen LogP contribution in [0.25, 0.3) is 0 Å². The summed E-state index contributed by atoms with van der Waals surface area (Å²) in [6, 6.07) is 1.45. The largest absolute Gasteiger partial charge is 0.440 e. The molecule has 1 saturated heterocycles. The van der Waals surface area contributed by atoms with Gasteiger partial charge in [0, 0.05) is 25.8 Å². The molecule has 0 radical (unpaired) electrons. The molecule has 1 aliphatic carbocycles. The topological polar surface area (TPSA) is 106 Å². The van der Waals surface area contributed by atoms with Crippen molar-refractivity contribution in [1.29, 1.82) is 0 Å². The molecule has 3 rings (SSSR count). The average molecular weight is 473 g/mol. The lowest BCUT2D eigenvalue weighted by Gasteiger charge is -2.34. The van der Waals surface area contributed by atoms with Crippen molar-refractivity contribution in [1.82, 2.24) is 20.6 Å². The first kappa shape index (κ1) is 25.0. The van der Waals surface area contributed by atoms with E-state index in [0.29, 0.717) is 36.4 Å². The molecule has 1 aliphatic heterocycles. The van der Waals surface area contributed by atoms with Crippen LogP contribution in [0, 0.1) is 12.8 Å². The number of aromatic nitrogens is 2. The highest BCUT2D eigenvalue weighted by Gasteiger charge is 2.45. The smallest absolute Gasteiger partial charge is 0.422 e. The van der Waals surface area contributed by atoms with Gasteiger partial charge in [-0.05, 0) is 32.1 Å². The van der Waals surface area contributed by atoms with E-state index in [0.717, 1.165) is 32.1 Å². The zero-order valence-electron chi connectivity index (χ0n) is 18.8. The van der Waals surface area contributed by atoms with E-state index in [2.05, 4.69) is 25.3 Å². The summed E-state index contributed by atoms with van der Waals surface area (Å²) in [5, 5.41) is 5.19. The van der Waals surface area contributed by atoms with E-state index in [9.17, 15) is 22.8 Å². The number of aryl methyl sites for hydroxylation is 1. The van der Waals surface area contributed by atoms with Crippen LogP contribution < -0.4 is 15.5 Å². The van der Waals surface area contributed by atoms with Gasteiger partial charge in [0.1, 0.15) is 17.7 Å². The Morgan fingerprint density at radius 3 is 2.70 bits per heavy atom. The fourth-order valence-electron chi connectivity index (χ4n) is 4.61. The Hall–Kier alpha value is -2.63. The van der Waals surface area contributed by atoms with E-state index in [1.807, 2.05) is 4.90 Å². The fourth-order valence-corrected chi connectivity index (χ4v) is 4.61. The van der Waals surface area contributed by atoms with E-state index in [4.69, 9.17) is 4.74 Å². The number of alkyl carbamates (subject to hydrolysis) is 1. The molecule has 2 amide bonds. The molecule has 2 aliphatic rings. The van der Waals surface area contributed by atoms with E-state index in [1.54, 1.807) is 20.1 Å². The molecule has 1 saturated carbocycles. The highest BCUT2D eigenvalue weighted by molar-refractivity contribution is 5.86. The first-order valence-corrected chi connectivity index (χ1v) is 11.0. The van der Waals surface area contributed by atoms with Crippen LogP contribution in [-0.4, -0.2) is 67.1 Å². The molecule has 12 heteroatoms. The monoisotopic (exact) mass is 473 g/mol. The van der Waals surface area contributed by atoms with Crippen LogP contribution >= 0.6 is 0 Å². The molecule has 2 fully saturated rings. The van der Waals surface area contributed by atoms with Gasteiger partial charge in [-0.25, -0.2) is 14.8 Å². The number of nitrogens with one attached hydrogen (secondary N) is 2. The third-order valence-corrected chi connectivity index (χ3v) is 5.92. The first-order valence-electron chi connectivity index (χ1n) is 11.0. The number of alkyl halides is 3. The molecule has 2 heterocycles. The molecule has 0 bridgehead atoms. The third kappa shape index (κ3) is 6.92. The molecule has 0 unspecified atom stereocenters. The van der Waals surface area contributed by atoms with Gasteiger partial charge in [0.15, 0.2) is 6.61 Å². The Morgan fingerprint density at radius 2 is 1.97 bits per heavy atom. The quantitative estimate of drug-likeness (QED) is 0.559. The molecular formula is C21H30F3N5O4. The van der Waals surface area contributed by atoms with Gasteiger partial charge in [-0.3, -0.25) is 4.79 Å². The Labute approximate surface area is 190 Å². The number of methoxy groups -OCH3 is 1. The SMILES string of the molecule is COCCNC(=O)[C@@H]1C[C@@H]2CCCC[C@@H]2N1c1cc(CNC(=O)OCC(F)(F)F)nc(C)n1. The Balaban J connectivity index is 1.75. The molecule has 3 atom stereocenters. The molecule has 1 aromatic heterocycles. The second-order valence-corrected chi connectivity index (χ2v) is 8.36. The number of hydrogen-bond acceptors (Lipinski definition) is 7. The van der Waals surface area contributed by atoms with Crippen molar-refractivity contribution in [3.05, 3.63) is 17.6 Å². The van der Waals surface area contributed by atoms with Crippen LogP contribution in [-0.2, 0) is 20.8 Å². The van der Waals surface area contributed by atoms with Gasteiger partial charge < -0.3 is 25.0 Å². The molecule has 9 nitrogen and oxygen atoms in total. The summed E-state index contributed by atoms with van der Waals surface area (Å²) in [7, 11) is 1.57. The van der Waals surface area contributed by atoms with Crippen molar-refractivity contribution in [2.24, 2.45) is 5.92 Å². The number of carbonyl (C=O) groups excluding carboxylic acids is 2. The lowest BCUT2D eigenvalue weighted by molar-refractivity contribution is -0.160. The predicted molar refractivity (Wildman–Crippen MR) is 113 cm³/mol. The van der Waals surface area contributed by atoms with Crippen LogP contribution in [0.2, 0.25) is 0 Å². The molecule has 2 N–H and O–H groups in total. The second-order valence-electron chi connectivity index (χ2n) is 8.36. The lowest BCUT2D eigenvalue weighted by atomic mass is 9.84. The molecule has 0 spiro atoms. The number of rotatable bonds is 8. The van der Waals surface area contributed by atoms with Gasteiger partial charge >= 0.3 is 12.3 Å². The summed E-state index contributed by atoms with van der Waals surface area (Å²) < 4.78 is 45.8. The molecular weight excluding hydrogens is 443 g/mol. The highest BCUT2D eigenvalue weighted by atomic mass is 19.4. The van der Waals surface area contributed by atoms with Crippen LogP contribution in [0.1, 0.15) is 43.6 Å². The maximum absolute atomic E-state index is 13.0. The van der Waals surface area contributed by atoms with Crippen LogP contribution in [0.15, 0.2) is 6.07 Å². The van der Waals surface area contributed by atoms with Crippen LogP contribution in [0.3, 0.4) is 0 Å². The van der Waals surface area contributed by atoms with Crippen molar-refractivity contribution >= 4 is 17.8 Å². The summed E-state index contributed by atoms with van der Waals surface area (Å²) in [6.07, 6.45) is -0.858. The summed E-state index contributed by atoms with van der Waals surface area (Å²) in [5.74, 6) is 1.30. The van der Waals surface area contributed by atoms with Gasteiger partial charge in [0.05, 0.1) is 18.8 Å². The van der Waals surface area contributed by atoms with E-state index in [1.165, 1.54) is 0 Å². The van der Waals surface area contributed by atoms with Crippen molar-refractivity contribution in [3.63, 3.8) is 0 Å². The average Bonchev–Trinajstić information content (AvgIpc) is 3.15. The van der Waals surface area contributed by atoms with E-state index < -0.39 is 18.9 Å². The number of fused-ring (bicyclic) bond motifs is 1. The number of amides is 2. The zero-order chi connectivity index (χ0) is 24.0. The summed E-state index contributed by atoms with van der Waals surface area (Å²) in [4.78, 5) is 35.4. The van der Waals surface area contributed by atoms with Crippen molar-refractivity contribution in [2.45, 2.75) is 63.8 Å². The molecule has 0 aromatic carbocycles. The van der Waals surface area contributed by atoms with Crippen LogP contribution in [0.4, 0.5) is 23.8 Å². The first-order chi connectivity index (χ1) is 15.7. The third-order valence-electron chi connectivity index (χ3n) is 5.92. The predicted octanol–water partition coefficient (Wildman–Crippen LogP) is 2.47. The minimum Gasteiger partial charge on any atom is -0.440 e. The highest BCUT2D eigenvalue weighted by Crippen LogP contribution is 2.42. The zero-order valence-corrected chi connectivity index (χ0v) is 18.8. The van der Waals surface area contributed by atoms with Gasteiger partial charge in [-0.2, -0.15) is 13.2 Å². The van der Waals surface area contributed by atoms with Gasteiger partial charge in [-0.15, -0.1) is 0 Å². The van der Waals surface area contributed by atoms with Gasteiger partial charge in [0.2, 0.25) is 5.91 Å². The summed E-state index contributed by atoms with van der Waals surface area (Å²) in [6.45, 7) is 0.728. The van der Waals surface area contributed by atoms with Crippen molar-refractivity contribution in [3.8, 4) is 0 Å². The van der Waals surface area contributed by atoms with Crippen molar-refractivity contribution in [2.75, 3.05) is 31.8 Å². The number of ether oxygens (including phenoxy) is 2. The molecule has 184 valence electrons. The van der Waals surface area contributed by atoms with Crippen LogP contribution in [0.5, 0.6) is 0 Å². The molecule has 33 heavy (non-hydrogen) atoms. The minimum absolute atomic E-state index is 0.0897. The Kier molecular flexibility index (Phi) is 8.33. The number of anilines is 1.